The molecule has 2 rings (SSSR count). The lowest BCUT2D eigenvalue weighted by Crippen LogP contribution is -2.02. The second-order valence-corrected chi connectivity index (χ2v) is 4.05. The van der Waals surface area contributed by atoms with Crippen LogP contribution in [0.15, 0.2) is 42.7 Å². The predicted molar refractivity (Wildman–Crippen MR) is 69.6 cm³/mol. The number of alkyl halides is 2. The van der Waals surface area contributed by atoms with E-state index < -0.39 is 6.61 Å². The van der Waals surface area contributed by atoms with E-state index >= 15 is 0 Å². The van der Waals surface area contributed by atoms with Gasteiger partial charge in [0.15, 0.2) is 5.78 Å². The van der Waals surface area contributed by atoms with E-state index in [2.05, 4.69) is 9.84 Å². The molecule has 0 N–H and O–H groups in total. The minimum Gasteiger partial charge on any atom is -0.435 e. The van der Waals surface area contributed by atoms with Gasteiger partial charge in [0.2, 0.25) is 0 Å². The minimum absolute atomic E-state index is 0.0211. The van der Waals surface area contributed by atoms with Gasteiger partial charge in [-0.1, -0.05) is 0 Å². The summed E-state index contributed by atoms with van der Waals surface area (Å²) in [4.78, 5) is 11.9. The van der Waals surface area contributed by atoms with E-state index in [1.54, 1.807) is 30.2 Å². The molecule has 0 radical (unpaired) electrons. The first kappa shape index (κ1) is 13.9. The van der Waals surface area contributed by atoms with Crippen molar-refractivity contribution in [2.75, 3.05) is 0 Å². The van der Waals surface area contributed by atoms with Crippen molar-refractivity contribution >= 4 is 11.9 Å². The molecule has 1 heterocycles. The number of hydrogen-bond acceptors (Lipinski definition) is 3. The molecule has 1 aromatic carbocycles. The molecule has 0 saturated carbocycles. The number of benzene rings is 1. The van der Waals surface area contributed by atoms with Gasteiger partial charge in [-0.05, 0) is 36.4 Å². The largest absolute Gasteiger partial charge is 0.435 e. The summed E-state index contributed by atoms with van der Waals surface area (Å²) in [5.74, 6) is -0.203. The first-order valence-electron chi connectivity index (χ1n) is 5.80. The number of aryl methyl sites for hydroxylation is 1. The molecule has 0 atom stereocenters. The number of ether oxygens (including phenoxy) is 1. The van der Waals surface area contributed by atoms with Crippen LogP contribution in [0, 0.1) is 0 Å². The number of carbonyl (C=O) groups excluding carboxylic acids is 1. The lowest BCUT2D eigenvalue weighted by Gasteiger charge is -2.04. The number of hydrogen-bond donors (Lipinski definition) is 0. The van der Waals surface area contributed by atoms with Crippen molar-refractivity contribution in [2.45, 2.75) is 6.61 Å². The maximum atomic E-state index is 12.0. The fourth-order valence-electron chi connectivity index (χ4n) is 1.59. The topological polar surface area (TPSA) is 44.1 Å². The van der Waals surface area contributed by atoms with E-state index in [-0.39, 0.29) is 11.5 Å². The Morgan fingerprint density at radius 2 is 2.05 bits per heavy atom. The first-order chi connectivity index (χ1) is 9.54. The molecule has 0 fully saturated rings. The lowest BCUT2D eigenvalue weighted by molar-refractivity contribution is -0.0498. The summed E-state index contributed by atoms with van der Waals surface area (Å²) < 4.78 is 29.8. The van der Waals surface area contributed by atoms with E-state index in [0.29, 0.717) is 5.56 Å². The van der Waals surface area contributed by atoms with Crippen LogP contribution in [-0.4, -0.2) is 22.2 Å². The van der Waals surface area contributed by atoms with Crippen LogP contribution in [0.2, 0.25) is 0 Å². The Kier molecular flexibility index (Phi) is 4.24. The van der Waals surface area contributed by atoms with Gasteiger partial charge in [-0.3, -0.25) is 9.48 Å². The molecule has 0 bridgehead atoms. The Hall–Kier alpha value is -2.50. The molecule has 6 heteroatoms. The zero-order chi connectivity index (χ0) is 14.5. The predicted octanol–water partition coefficient (Wildman–Crippen LogP) is 2.92. The zero-order valence-electron chi connectivity index (χ0n) is 10.7. The number of nitrogens with zero attached hydrogens (tertiary/aromatic N) is 2. The van der Waals surface area contributed by atoms with Crippen molar-refractivity contribution in [2.24, 2.45) is 7.05 Å². The van der Waals surface area contributed by atoms with Gasteiger partial charge in [-0.15, -0.1) is 0 Å². The highest BCUT2D eigenvalue weighted by Gasteiger charge is 2.06. The summed E-state index contributed by atoms with van der Waals surface area (Å²) in [5, 5.41) is 3.97. The van der Waals surface area contributed by atoms with Crippen molar-refractivity contribution in [3.05, 3.63) is 53.9 Å². The number of rotatable bonds is 5. The summed E-state index contributed by atoms with van der Waals surface area (Å²) >= 11 is 0. The second kappa shape index (κ2) is 6.10. The Balaban J connectivity index is 2.04. The molecular weight excluding hydrogens is 266 g/mol. The van der Waals surface area contributed by atoms with Crippen LogP contribution < -0.4 is 4.74 Å². The van der Waals surface area contributed by atoms with Gasteiger partial charge in [0, 0.05) is 24.4 Å². The van der Waals surface area contributed by atoms with Crippen molar-refractivity contribution in [3.8, 4) is 5.75 Å². The molecule has 4 nitrogen and oxygen atoms in total. The molecule has 0 aliphatic heterocycles. The highest BCUT2D eigenvalue weighted by Crippen LogP contribution is 2.15. The fourth-order valence-corrected chi connectivity index (χ4v) is 1.59. The van der Waals surface area contributed by atoms with Gasteiger partial charge in [0.1, 0.15) is 5.75 Å². The van der Waals surface area contributed by atoms with Crippen LogP contribution in [0.5, 0.6) is 5.75 Å². The highest BCUT2D eigenvalue weighted by atomic mass is 19.3. The molecule has 0 aliphatic carbocycles. The lowest BCUT2D eigenvalue weighted by atomic mass is 10.1. The summed E-state index contributed by atoms with van der Waals surface area (Å²) in [7, 11) is 1.78. The summed E-state index contributed by atoms with van der Waals surface area (Å²) in [6, 6.07) is 5.54. The summed E-state index contributed by atoms with van der Waals surface area (Å²) in [5.41, 5.74) is 1.20. The van der Waals surface area contributed by atoms with E-state index in [4.69, 9.17) is 0 Å². The molecule has 0 aliphatic rings. The van der Waals surface area contributed by atoms with E-state index in [9.17, 15) is 13.6 Å². The monoisotopic (exact) mass is 278 g/mol. The van der Waals surface area contributed by atoms with E-state index in [0.717, 1.165) is 5.56 Å². The molecular formula is C14H12F2N2O2. The molecule has 20 heavy (non-hydrogen) atoms. The standard InChI is InChI=1S/C14H12F2N2O2/c1-18-9-10(8-17-18)2-7-13(19)11-3-5-12(6-4-11)20-14(15)16/h2-9,14H,1H3. The first-order valence-corrected chi connectivity index (χ1v) is 5.80. The normalized spacial score (nSPS) is 11.2. The Morgan fingerprint density at radius 3 is 2.60 bits per heavy atom. The zero-order valence-corrected chi connectivity index (χ0v) is 10.7. The van der Waals surface area contributed by atoms with Crippen LogP contribution >= 0.6 is 0 Å². The maximum Gasteiger partial charge on any atom is 0.387 e. The van der Waals surface area contributed by atoms with Gasteiger partial charge >= 0.3 is 6.61 Å². The highest BCUT2D eigenvalue weighted by molar-refractivity contribution is 6.06. The number of halogens is 2. The van der Waals surface area contributed by atoms with Crippen molar-refractivity contribution < 1.29 is 18.3 Å². The van der Waals surface area contributed by atoms with Crippen LogP contribution in [0.3, 0.4) is 0 Å². The summed E-state index contributed by atoms with van der Waals surface area (Å²) in [6.45, 7) is -2.87. The molecule has 0 amide bonds. The minimum atomic E-state index is -2.87. The van der Waals surface area contributed by atoms with Gasteiger partial charge in [0.05, 0.1) is 6.20 Å². The van der Waals surface area contributed by atoms with Gasteiger partial charge < -0.3 is 4.74 Å². The number of carbonyl (C=O) groups is 1. The van der Waals surface area contributed by atoms with Crippen LogP contribution in [0.4, 0.5) is 8.78 Å². The quantitative estimate of drug-likeness (QED) is 0.624. The third-order valence-electron chi connectivity index (χ3n) is 2.52. The van der Waals surface area contributed by atoms with Crippen molar-refractivity contribution in [3.63, 3.8) is 0 Å². The number of allylic oxidation sites excluding steroid dienone is 1. The maximum absolute atomic E-state index is 12.0. The molecule has 0 saturated heterocycles. The Morgan fingerprint density at radius 1 is 1.35 bits per heavy atom. The average Bonchev–Trinajstić information content (AvgIpc) is 2.82. The second-order valence-electron chi connectivity index (χ2n) is 4.05. The molecule has 2 aromatic rings. The third-order valence-corrected chi connectivity index (χ3v) is 2.52. The van der Waals surface area contributed by atoms with Crippen LogP contribution in [0.1, 0.15) is 15.9 Å². The number of ketones is 1. The third kappa shape index (κ3) is 3.74. The van der Waals surface area contributed by atoms with Gasteiger partial charge in [-0.25, -0.2) is 0 Å². The molecule has 104 valence electrons. The summed E-state index contributed by atoms with van der Waals surface area (Å²) in [6.07, 6.45) is 6.44. The van der Waals surface area contributed by atoms with Crippen LogP contribution in [-0.2, 0) is 7.05 Å². The van der Waals surface area contributed by atoms with Gasteiger partial charge in [-0.2, -0.15) is 13.9 Å². The Labute approximate surface area is 114 Å². The fraction of sp³-hybridized carbons (Fsp3) is 0.143. The van der Waals surface area contributed by atoms with Gasteiger partial charge in [0.25, 0.3) is 0 Å². The number of aromatic nitrogens is 2. The molecule has 0 unspecified atom stereocenters. The molecule has 1 aromatic heterocycles. The average molecular weight is 278 g/mol. The van der Waals surface area contributed by atoms with E-state index in [1.165, 1.54) is 30.3 Å². The van der Waals surface area contributed by atoms with E-state index in [1.807, 2.05) is 0 Å². The SMILES string of the molecule is Cn1cc(C=CC(=O)c2ccc(OC(F)F)cc2)cn1. The smallest absolute Gasteiger partial charge is 0.387 e. The Bertz CT molecular complexity index is 618. The van der Waals surface area contributed by atoms with Crippen molar-refractivity contribution in [1.29, 1.82) is 0 Å². The van der Waals surface area contributed by atoms with Crippen LogP contribution in [0.25, 0.3) is 6.08 Å². The molecule has 0 spiro atoms. The van der Waals surface area contributed by atoms with Crippen molar-refractivity contribution in [1.82, 2.24) is 9.78 Å².